The number of hydrogen-bond acceptors (Lipinski definition) is 2. The second kappa shape index (κ2) is 8.70. The molecule has 2 aromatic carbocycles. The molecule has 0 bridgehead atoms. The Balaban J connectivity index is 1.66. The molecule has 1 aliphatic carbocycles. The SMILES string of the molecule is CC(=NNC(=O)c1ccc(Cl)cc1Cl)c1ccc(C2CCCCC2)cc1. The van der Waals surface area contributed by atoms with Gasteiger partial charge < -0.3 is 0 Å². The molecule has 0 atom stereocenters. The highest BCUT2D eigenvalue weighted by Crippen LogP contribution is 2.32. The largest absolute Gasteiger partial charge is 0.272 e. The molecule has 1 N–H and O–H groups in total. The van der Waals surface area contributed by atoms with Crippen molar-refractivity contribution >= 4 is 34.8 Å². The first-order valence-corrected chi connectivity index (χ1v) is 9.70. The van der Waals surface area contributed by atoms with E-state index in [1.165, 1.54) is 37.7 Å². The standard InChI is InChI=1S/C21H22Cl2N2O/c1-14(24-25-21(26)19-12-11-18(22)13-20(19)23)15-7-9-17(10-8-15)16-5-3-2-4-6-16/h7-13,16H,2-6H2,1H3,(H,25,26). The summed E-state index contributed by atoms with van der Waals surface area (Å²) in [5, 5.41) is 5.00. The molecule has 2 aromatic rings. The molecule has 3 rings (SSSR count). The summed E-state index contributed by atoms with van der Waals surface area (Å²) in [4.78, 5) is 12.2. The first kappa shape index (κ1) is 18.9. The Hall–Kier alpha value is -1.84. The highest BCUT2D eigenvalue weighted by atomic mass is 35.5. The maximum Gasteiger partial charge on any atom is 0.272 e. The summed E-state index contributed by atoms with van der Waals surface area (Å²) in [7, 11) is 0. The molecule has 1 amide bonds. The number of halogens is 2. The summed E-state index contributed by atoms with van der Waals surface area (Å²) in [5.74, 6) is 0.326. The minimum absolute atomic E-state index is 0.305. The van der Waals surface area contributed by atoms with Gasteiger partial charge >= 0.3 is 0 Å². The van der Waals surface area contributed by atoms with Crippen LogP contribution in [0, 0.1) is 0 Å². The average molecular weight is 389 g/mol. The molecule has 1 fully saturated rings. The van der Waals surface area contributed by atoms with Crippen LogP contribution < -0.4 is 5.43 Å². The van der Waals surface area contributed by atoms with Crippen LogP contribution in [0.5, 0.6) is 0 Å². The van der Waals surface area contributed by atoms with Crippen LogP contribution >= 0.6 is 23.2 Å². The monoisotopic (exact) mass is 388 g/mol. The highest BCUT2D eigenvalue weighted by molar-refractivity contribution is 6.36. The zero-order valence-electron chi connectivity index (χ0n) is 14.8. The number of carbonyl (C=O) groups is 1. The fourth-order valence-corrected chi connectivity index (χ4v) is 3.86. The molecule has 0 unspecified atom stereocenters. The molecule has 0 aromatic heterocycles. The number of rotatable bonds is 4. The zero-order valence-corrected chi connectivity index (χ0v) is 16.3. The second-order valence-corrected chi connectivity index (χ2v) is 7.56. The third-order valence-corrected chi connectivity index (χ3v) is 5.45. The van der Waals surface area contributed by atoms with Gasteiger partial charge in [-0.1, -0.05) is 66.7 Å². The van der Waals surface area contributed by atoms with Gasteiger partial charge in [0.1, 0.15) is 0 Å². The molecule has 1 saturated carbocycles. The molecule has 0 radical (unpaired) electrons. The van der Waals surface area contributed by atoms with Crippen LogP contribution in [-0.2, 0) is 0 Å². The lowest BCUT2D eigenvalue weighted by Crippen LogP contribution is -2.19. The number of amides is 1. The van der Waals surface area contributed by atoms with Gasteiger partial charge in [-0.05, 0) is 55.0 Å². The Bertz CT molecular complexity index is 809. The lowest BCUT2D eigenvalue weighted by molar-refractivity contribution is 0.0955. The molecular weight excluding hydrogens is 367 g/mol. The first-order chi connectivity index (χ1) is 12.5. The van der Waals surface area contributed by atoms with Gasteiger partial charge in [-0.15, -0.1) is 0 Å². The van der Waals surface area contributed by atoms with Crippen molar-refractivity contribution in [3.8, 4) is 0 Å². The van der Waals surface area contributed by atoms with E-state index >= 15 is 0 Å². The molecule has 0 aliphatic heterocycles. The normalized spacial score (nSPS) is 15.7. The van der Waals surface area contributed by atoms with Crippen molar-refractivity contribution in [2.75, 3.05) is 0 Å². The van der Waals surface area contributed by atoms with Crippen molar-refractivity contribution in [3.63, 3.8) is 0 Å². The van der Waals surface area contributed by atoms with Gasteiger partial charge in [0.05, 0.1) is 16.3 Å². The lowest BCUT2D eigenvalue weighted by Gasteiger charge is -2.22. The van der Waals surface area contributed by atoms with Crippen LogP contribution in [0.25, 0.3) is 0 Å². The number of hydrazone groups is 1. The summed E-state index contributed by atoms with van der Waals surface area (Å²) < 4.78 is 0. The van der Waals surface area contributed by atoms with E-state index in [2.05, 4.69) is 34.8 Å². The maximum absolute atomic E-state index is 12.2. The van der Waals surface area contributed by atoms with Crippen molar-refractivity contribution in [1.29, 1.82) is 0 Å². The van der Waals surface area contributed by atoms with Crippen LogP contribution in [0.15, 0.2) is 47.6 Å². The molecule has 5 heteroatoms. The van der Waals surface area contributed by atoms with E-state index in [-0.39, 0.29) is 5.91 Å². The molecule has 0 spiro atoms. The van der Waals surface area contributed by atoms with Crippen molar-refractivity contribution in [2.45, 2.75) is 44.9 Å². The smallest absolute Gasteiger partial charge is 0.267 e. The van der Waals surface area contributed by atoms with Crippen LogP contribution in [-0.4, -0.2) is 11.6 Å². The number of nitrogens with zero attached hydrogens (tertiary/aromatic N) is 1. The van der Waals surface area contributed by atoms with Gasteiger partial charge in [0, 0.05) is 5.02 Å². The van der Waals surface area contributed by atoms with E-state index in [1.807, 2.05) is 6.92 Å². The number of carbonyl (C=O) groups excluding carboxylic acids is 1. The molecule has 3 nitrogen and oxygen atoms in total. The van der Waals surface area contributed by atoms with Gasteiger partial charge in [0.25, 0.3) is 5.91 Å². The fourth-order valence-electron chi connectivity index (χ4n) is 3.37. The molecular formula is C21H22Cl2N2O. The third kappa shape index (κ3) is 4.66. The summed E-state index contributed by atoms with van der Waals surface area (Å²) in [6.45, 7) is 1.87. The highest BCUT2D eigenvalue weighted by Gasteiger charge is 2.15. The van der Waals surface area contributed by atoms with Crippen LogP contribution in [0.2, 0.25) is 10.0 Å². The van der Waals surface area contributed by atoms with Crippen LogP contribution in [0.3, 0.4) is 0 Å². The third-order valence-electron chi connectivity index (χ3n) is 4.91. The number of benzene rings is 2. The number of nitrogens with one attached hydrogen (secondary N) is 1. The van der Waals surface area contributed by atoms with Gasteiger partial charge in [-0.25, -0.2) is 5.43 Å². The Morgan fingerprint density at radius 2 is 1.73 bits per heavy atom. The Morgan fingerprint density at radius 1 is 1.04 bits per heavy atom. The molecule has 136 valence electrons. The van der Waals surface area contributed by atoms with E-state index in [1.54, 1.807) is 18.2 Å². The first-order valence-electron chi connectivity index (χ1n) is 8.94. The fraction of sp³-hybridized carbons (Fsp3) is 0.333. The van der Waals surface area contributed by atoms with Gasteiger partial charge in [0.15, 0.2) is 0 Å². The van der Waals surface area contributed by atoms with E-state index in [9.17, 15) is 4.79 Å². The van der Waals surface area contributed by atoms with Crippen molar-refractivity contribution in [2.24, 2.45) is 5.10 Å². The molecule has 0 heterocycles. The quantitative estimate of drug-likeness (QED) is 0.491. The predicted octanol–water partition coefficient (Wildman–Crippen LogP) is 6.20. The summed E-state index contributed by atoms with van der Waals surface area (Å²) in [6.07, 6.45) is 6.57. The molecule has 26 heavy (non-hydrogen) atoms. The van der Waals surface area contributed by atoms with E-state index in [0.29, 0.717) is 21.5 Å². The lowest BCUT2D eigenvalue weighted by atomic mass is 9.84. The maximum atomic E-state index is 12.2. The minimum atomic E-state index is -0.357. The second-order valence-electron chi connectivity index (χ2n) is 6.72. The summed E-state index contributed by atoms with van der Waals surface area (Å²) >= 11 is 11.9. The van der Waals surface area contributed by atoms with E-state index in [4.69, 9.17) is 23.2 Å². The molecule has 0 saturated heterocycles. The predicted molar refractivity (Wildman–Crippen MR) is 108 cm³/mol. The van der Waals surface area contributed by atoms with Crippen LogP contribution in [0.4, 0.5) is 0 Å². The summed E-state index contributed by atoms with van der Waals surface area (Å²) in [6, 6.07) is 13.3. The summed E-state index contributed by atoms with van der Waals surface area (Å²) in [5.41, 5.74) is 6.05. The Labute approximate surface area is 164 Å². The van der Waals surface area contributed by atoms with Crippen molar-refractivity contribution < 1.29 is 4.79 Å². The Kier molecular flexibility index (Phi) is 6.33. The van der Waals surface area contributed by atoms with Crippen molar-refractivity contribution in [3.05, 3.63) is 69.2 Å². The van der Waals surface area contributed by atoms with Crippen molar-refractivity contribution in [1.82, 2.24) is 5.43 Å². The van der Waals surface area contributed by atoms with Gasteiger partial charge in [0.2, 0.25) is 0 Å². The van der Waals surface area contributed by atoms with Crippen LogP contribution in [0.1, 0.15) is 66.4 Å². The Morgan fingerprint density at radius 3 is 2.38 bits per heavy atom. The number of hydrogen-bond donors (Lipinski definition) is 1. The van der Waals surface area contributed by atoms with E-state index in [0.717, 1.165) is 11.3 Å². The van der Waals surface area contributed by atoms with E-state index < -0.39 is 0 Å². The minimum Gasteiger partial charge on any atom is -0.267 e. The topological polar surface area (TPSA) is 41.5 Å². The average Bonchev–Trinajstić information content (AvgIpc) is 2.66. The zero-order chi connectivity index (χ0) is 18.5. The van der Waals surface area contributed by atoms with Gasteiger partial charge in [-0.2, -0.15) is 5.10 Å². The molecule has 1 aliphatic rings. The van der Waals surface area contributed by atoms with Gasteiger partial charge in [-0.3, -0.25) is 4.79 Å².